The standard InChI is InChI=1S/C13H20N2/c1-10-4-6-11(7-5-10)13(2,3)15-12-8-14-9-12/h4-7,12,14-15H,8-9H2,1-3H3. The van der Waals surface area contributed by atoms with Crippen LogP contribution >= 0.6 is 0 Å². The first-order chi connectivity index (χ1) is 7.08. The third-order valence-electron chi connectivity index (χ3n) is 3.12. The van der Waals surface area contributed by atoms with Gasteiger partial charge in [-0.05, 0) is 26.3 Å². The summed E-state index contributed by atoms with van der Waals surface area (Å²) in [6, 6.07) is 9.42. The van der Waals surface area contributed by atoms with Gasteiger partial charge in [0.25, 0.3) is 0 Å². The Morgan fingerprint density at radius 2 is 1.80 bits per heavy atom. The van der Waals surface area contributed by atoms with E-state index in [0.717, 1.165) is 13.1 Å². The summed E-state index contributed by atoms with van der Waals surface area (Å²) in [4.78, 5) is 0. The molecule has 2 nitrogen and oxygen atoms in total. The van der Waals surface area contributed by atoms with E-state index in [4.69, 9.17) is 0 Å². The lowest BCUT2D eigenvalue weighted by molar-refractivity contribution is 0.274. The maximum atomic E-state index is 3.67. The maximum absolute atomic E-state index is 3.67. The predicted octanol–water partition coefficient (Wildman–Crippen LogP) is 1.79. The summed E-state index contributed by atoms with van der Waals surface area (Å²) in [6.45, 7) is 8.80. The van der Waals surface area contributed by atoms with Gasteiger partial charge in [-0.3, -0.25) is 0 Å². The van der Waals surface area contributed by atoms with Crippen molar-refractivity contribution in [2.75, 3.05) is 13.1 Å². The van der Waals surface area contributed by atoms with E-state index in [9.17, 15) is 0 Å². The lowest BCUT2D eigenvalue weighted by atomic mass is 9.92. The number of hydrogen-bond donors (Lipinski definition) is 2. The first-order valence-electron chi connectivity index (χ1n) is 5.63. The molecule has 1 heterocycles. The molecule has 82 valence electrons. The number of benzene rings is 1. The van der Waals surface area contributed by atoms with E-state index < -0.39 is 0 Å². The van der Waals surface area contributed by atoms with E-state index >= 15 is 0 Å². The van der Waals surface area contributed by atoms with Gasteiger partial charge in [0.05, 0.1) is 0 Å². The summed E-state index contributed by atoms with van der Waals surface area (Å²) >= 11 is 0. The lowest BCUT2D eigenvalue weighted by Gasteiger charge is -2.37. The summed E-state index contributed by atoms with van der Waals surface area (Å²) in [6.07, 6.45) is 0. The van der Waals surface area contributed by atoms with Gasteiger partial charge in [0.15, 0.2) is 0 Å². The first-order valence-corrected chi connectivity index (χ1v) is 5.63. The Hall–Kier alpha value is -0.860. The van der Waals surface area contributed by atoms with Crippen LogP contribution in [0.25, 0.3) is 0 Å². The predicted molar refractivity (Wildman–Crippen MR) is 64.0 cm³/mol. The minimum Gasteiger partial charge on any atom is -0.314 e. The summed E-state index contributed by atoms with van der Waals surface area (Å²) in [5, 5.41) is 6.95. The highest BCUT2D eigenvalue weighted by Gasteiger charge is 2.26. The highest BCUT2D eigenvalue weighted by molar-refractivity contribution is 5.27. The maximum Gasteiger partial charge on any atom is 0.0380 e. The summed E-state index contributed by atoms with van der Waals surface area (Å²) < 4.78 is 0. The van der Waals surface area contributed by atoms with E-state index in [0.29, 0.717) is 6.04 Å². The van der Waals surface area contributed by atoms with E-state index in [-0.39, 0.29) is 5.54 Å². The second-order valence-electron chi connectivity index (χ2n) is 4.99. The van der Waals surface area contributed by atoms with Crippen LogP contribution in [-0.4, -0.2) is 19.1 Å². The molecule has 0 aliphatic carbocycles. The number of aryl methyl sites for hydroxylation is 1. The van der Waals surface area contributed by atoms with Gasteiger partial charge in [-0.25, -0.2) is 0 Å². The van der Waals surface area contributed by atoms with Crippen LogP contribution in [0.2, 0.25) is 0 Å². The Labute approximate surface area is 92.1 Å². The van der Waals surface area contributed by atoms with Crippen molar-refractivity contribution in [2.45, 2.75) is 32.4 Å². The van der Waals surface area contributed by atoms with E-state index in [1.165, 1.54) is 11.1 Å². The molecular weight excluding hydrogens is 184 g/mol. The smallest absolute Gasteiger partial charge is 0.0380 e. The molecule has 1 saturated heterocycles. The quantitative estimate of drug-likeness (QED) is 0.784. The minimum atomic E-state index is 0.0699. The fourth-order valence-corrected chi connectivity index (χ4v) is 1.95. The van der Waals surface area contributed by atoms with Gasteiger partial charge in [0.2, 0.25) is 0 Å². The fourth-order valence-electron chi connectivity index (χ4n) is 1.95. The zero-order valence-corrected chi connectivity index (χ0v) is 9.80. The van der Waals surface area contributed by atoms with Crippen LogP contribution in [0.15, 0.2) is 24.3 Å². The number of hydrogen-bond acceptors (Lipinski definition) is 2. The fraction of sp³-hybridized carbons (Fsp3) is 0.538. The molecular formula is C13H20N2. The molecule has 1 fully saturated rings. The Kier molecular flexibility index (Phi) is 2.81. The Morgan fingerprint density at radius 3 is 2.27 bits per heavy atom. The molecule has 0 spiro atoms. The van der Waals surface area contributed by atoms with E-state index in [2.05, 4.69) is 55.7 Å². The molecule has 15 heavy (non-hydrogen) atoms. The summed E-state index contributed by atoms with van der Waals surface area (Å²) in [5.41, 5.74) is 2.75. The van der Waals surface area contributed by atoms with Crippen molar-refractivity contribution in [3.05, 3.63) is 35.4 Å². The van der Waals surface area contributed by atoms with Crippen LogP contribution in [0, 0.1) is 6.92 Å². The molecule has 2 N–H and O–H groups in total. The van der Waals surface area contributed by atoms with Gasteiger partial charge >= 0.3 is 0 Å². The van der Waals surface area contributed by atoms with Crippen molar-refractivity contribution >= 4 is 0 Å². The highest BCUT2D eigenvalue weighted by atomic mass is 15.1. The zero-order valence-electron chi connectivity index (χ0n) is 9.80. The Morgan fingerprint density at radius 1 is 1.20 bits per heavy atom. The third kappa shape index (κ3) is 2.39. The lowest BCUT2D eigenvalue weighted by Crippen LogP contribution is -2.59. The number of nitrogens with one attached hydrogen (secondary N) is 2. The number of rotatable bonds is 3. The van der Waals surface area contributed by atoms with Crippen LogP contribution in [0.3, 0.4) is 0 Å². The molecule has 1 aromatic carbocycles. The molecule has 0 atom stereocenters. The van der Waals surface area contributed by atoms with Crippen molar-refractivity contribution in [1.82, 2.24) is 10.6 Å². The van der Waals surface area contributed by atoms with Gasteiger partial charge in [0, 0.05) is 24.7 Å². The normalized spacial score (nSPS) is 17.5. The second-order valence-corrected chi connectivity index (χ2v) is 4.99. The first kappa shape index (κ1) is 10.7. The Balaban J connectivity index is 2.09. The largest absolute Gasteiger partial charge is 0.314 e. The van der Waals surface area contributed by atoms with Gasteiger partial charge in [-0.1, -0.05) is 29.8 Å². The van der Waals surface area contributed by atoms with E-state index in [1.807, 2.05) is 0 Å². The second kappa shape index (κ2) is 3.95. The van der Waals surface area contributed by atoms with Crippen LogP contribution in [0.1, 0.15) is 25.0 Å². The van der Waals surface area contributed by atoms with Crippen molar-refractivity contribution in [3.63, 3.8) is 0 Å². The zero-order chi connectivity index (χ0) is 10.9. The van der Waals surface area contributed by atoms with Crippen LogP contribution < -0.4 is 10.6 Å². The van der Waals surface area contributed by atoms with Gasteiger partial charge in [0.1, 0.15) is 0 Å². The van der Waals surface area contributed by atoms with Crippen molar-refractivity contribution in [3.8, 4) is 0 Å². The SMILES string of the molecule is Cc1ccc(C(C)(C)NC2CNC2)cc1. The van der Waals surface area contributed by atoms with Crippen molar-refractivity contribution in [1.29, 1.82) is 0 Å². The van der Waals surface area contributed by atoms with Gasteiger partial charge in [-0.2, -0.15) is 0 Å². The molecule has 0 amide bonds. The highest BCUT2D eigenvalue weighted by Crippen LogP contribution is 2.21. The van der Waals surface area contributed by atoms with Crippen LogP contribution in [0.5, 0.6) is 0 Å². The minimum absolute atomic E-state index is 0.0699. The summed E-state index contributed by atoms with van der Waals surface area (Å²) in [7, 11) is 0. The Bertz CT molecular complexity index is 323. The monoisotopic (exact) mass is 204 g/mol. The molecule has 0 aromatic heterocycles. The molecule has 0 radical (unpaired) electrons. The molecule has 0 unspecified atom stereocenters. The van der Waals surface area contributed by atoms with Crippen molar-refractivity contribution < 1.29 is 0 Å². The van der Waals surface area contributed by atoms with Crippen molar-refractivity contribution in [2.24, 2.45) is 0 Å². The molecule has 2 heteroatoms. The molecule has 0 saturated carbocycles. The average Bonchev–Trinajstić information content (AvgIpc) is 2.13. The average molecular weight is 204 g/mol. The topological polar surface area (TPSA) is 24.1 Å². The van der Waals surface area contributed by atoms with Gasteiger partial charge in [-0.15, -0.1) is 0 Å². The van der Waals surface area contributed by atoms with E-state index in [1.54, 1.807) is 0 Å². The third-order valence-corrected chi connectivity index (χ3v) is 3.12. The molecule has 1 aliphatic rings. The summed E-state index contributed by atoms with van der Waals surface area (Å²) in [5.74, 6) is 0. The molecule has 2 rings (SSSR count). The van der Waals surface area contributed by atoms with Crippen LogP contribution in [0.4, 0.5) is 0 Å². The van der Waals surface area contributed by atoms with Crippen LogP contribution in [-0.2, 0) is 5.54 Å². The van der Waals surface area contributed by atoms with Gasteiger partial charge < -0.3 is 10.6 Å². The molecule has 1 aromatic rings. The molecule has 0 bridgehead atoms. The molecule has 1 aliphatic heterocycles.